The standard InChI is InChI=1S/C14H11ClF2O/c1-18-13-5-3-2-4-11(13)14(15)10-7-6-9(16)8-12(10)17/h2-8,14H,1H3. The largest absolute Gasteiger partial charge is 0.496 e. The van der Waals surface area contributed by atoms with E-state index in [4.69, 9.17) is 16.3 Å². The molecule has 18 heavy (non-hydrogen) atoms. The molecule has 0 aromatic heterocycles. The van der Waals surface area contributed by atoms with Gasteiger partial charge in [-0.15, -0.1) is 11.6 Å². The van der Waals surface area contributed by atoms with Crippen LogP contribution in [0.4, 0.5) is 8.78 Å². The van der Waals surface area contributed by atoms with Crippen molar-refractivity contribution in [3.05, 3.63) is 65.2 Å². The number of rotatable bonds is 3. The molecule has 4 heteroatoms. The summed E-state index contributed by atoms with van der Waals surface area (Å²) in [5, 5.41) is -0.721. The Labute approximate surface area is 109 Å². The summed E-state index contributed by atoms with van der Waals surface area (Å²) in [7, 11) is 1.52. The minimum Gasteiger partial charge on any atom is -0.496 e. The number of methoxy groups -OCH3 is 1. The third-order valence-corrected chi connectivity index (χ3v) is 3.12. The van der Waals surface area contributed by atoms with E-state index >= 15 is 0 Å². The highest BCUT2D eigenvalue weighted by atomic mass is 35.5. The predicted octanol–water partition coefficient (Wildman–Crippen LogP) is 4.30. The molecule has 0 amide bonds. The topological polar surface area (TPSA) is 9.23 Å². The van der Waals surface area contributed by atoms with Crippen LogP contribution in [0.15, 0.2) is 42.5 Å². The van der Waals surface area contributed by atoms with E-state index in [0.29, 0.717) is 11.3 Å². The number of hydrogen-bond acceptors (Lipinski definition) is 1. The average Bonchev–Trinajstić information content (AvgIpc) is 2.38. The number of benzene rings is 2. The molecule has 2 aromatic rings. The minimum atomic E-state index is -0.721. The highest BCUT2D eigenvalue weighted by Crippen LogP contribution is 2.35. The molecule has 1 unspecified atom stereocenters. The van der Waals surface area contributed by atoms with Crippen molar-refractivity contribution in [2.24, 2.45) is 0 Å². The maximum Gasteiger partial charge on any atom is 0.131 e. The second-order valence-corrected chi connectivity index (χ2v) is 4.21. The van der Waals surface area contributed by atoms with Crippen LogP contribution in [0.25, 0.3) is 0 Å². The first-order valence-corrected chi connectivity index (χ1v) is 5.79. The van der Waals surface area contributed by atoms with E-state index in [1.165, 1.54) is 19.2 Å². The molecule has 0 aliphatic rings. The van der Waals surface area contributed by atoms with Crippen molar-refractivity contribution in [2.45, 2.75) is 5.38 Å². The first-order chi connectivity index (χ1) is 8.63. The van der Waals surface area contributed by atoms with Crippen molar-refractivity contribution in [1.82, 2.24) is 0 Å². The molecule has 94 valence electrons. The van der Waals surface area contributed by atoms with Crippen LogP contribution in [-0.4, -0.2) is 7.11 Å². The van der Waals surface area contributed by atoms with E-state index < -0.39 is 17.0 Å². The molecule has 0 saturated heterocycles. The van der Waals surface area contributed by atoms with Crippen LogP contribution >= 0.6 is 11.6 Å². The van der Waals surface area contributed by atoms with E-state index in [-0.39, 0.29) is 5.56 Å². The average molecular weight is 269 g/mol. The van der Waals surface area contributed by atoms with Crippen molar-refractivity contribution in [1.29, 1.82) is 0 Å². The third-order valence-electron chi connectivity index (χ3n) is 2.65. The Morgan fingerprint density at radius 2 is 1.78 bits per heavy atom. The van der Waals surface area contributed by atoms with Crippen molar-refractivity contribution in [2.75, 3.05) is 7.11 Å². The molecular weight excluding hydrogens is 258 g/mol. The van der Waals surface area contributed by atoms with Crippen LogP contribution in [0.5, 0.6) is 5.75 Å². The zero-order valence-corrected chi connectivity index (χ0v) is 10.4. The van der Waals surface area contributed by atoms with Gasteiger partial charge in [0.2, 0.25) is 0 Å². The SMILES string of the molecule is COc1ccccc1C(Cl)c1ccc(F)cc1F. The van der Waals surface area contributed by atoms with Crippen molar-refractivity contribution in [3.8, 4) is 5.75 Å². The number of para-hydroxylation sites is 1. The Hall–Kier alpha value is -1.61. The molecule has 0 aliphatic carbocycles. The second-order valence-electron chi connectivity index (χ2n) is 3.77. The predicted molar refractivity (Wildman–Crippen MR) is 67.0 cm³/mol. The Kier molecular flexibility index (Phi) is 3.82. The van der Waals surface area contributed by atoms with Gasteiger partial charge in [0.1, 0.15) is 17.4 Å². The van der Waals surface area contributed by atoms with E-state index in [1.807, 2.05) is 0 Å². The number of halogens is 3. The van der Waals surface area contributed by atoms with Crippen LogP contribution in [-0.2, 0) is 0 Å². The molecule has 0 fully saturated rings. The summed E-state index contributed by atoms with van der Waals surface area (Å²) in [6.07, 6.45) is 0. The van der Waals surface area contributed by atoms with Crippen LogP contribution < -0.4 is 4.74 Å². The Balaban J connectivity index is 2.44. The molecule has 1 atom stereocenters. The highest BCUT2D eigenvalue weighted by Gasteiger charge is 2.18. The van der Waals surface area contributed by atoms with Gasteiger partial charge in [-0.25, -0.2) is 8.78 Å². The molecule has 0 heterocycles. The van der Waals surface area contributed by atoms with E-state index in [2.05, 4.69) is 0 Å². The number of ether oxygens (including phenoxy) is 1. The molecule has 0 spiro atoms. The van der Waals surface area contributed by atoms with Crippen LogP contribution in [0, 0.1) is 11.6 Å². The summed E-state index contributed by atoms with van der Waals surface area (Å²) in [6.45, 7) is 0. The van der Waals surface area contributed by atoms with Crippen LogP contribution in [0.3, 0.4) is 0 Å². The molecule has 2 aromatic carbocycles. The normalized spacial score (nSPS) is 12.2. The second kappa shape index (κ2) is 5.36. The minimum absolute atomic E-state index is 0.225. The number of alkyl halides is 1. The van der Waals surface area contributed by atoms with Crippen LogP contribution in [0.1, 0.15) is 16.5 Å². The first kappa shape index (κ1) is 12.8. The van der Waals surface area contributed by atoms with Gasteiger partial charge in [-0.1, -0.05) is 24.3 Å². The zero-order chi connectivity index (χ0) is 13.1. The fourth-order valence-electron chi connectivity index (χ4n) is 1.75. The van der Waals surface area contributed by atoms with Gasteiger partial charge in [0, 0.05) is 17.2 Å². The summed E-state index contributed by atoms with van der Waals surface area (Å²) in [4.78, 5) is 0. The zero-order valence-electron chi connectivity index (χ0n) is 9.66. The Morgan fingerprint density at radius 1 is 1.06 bits per heavy atom. The van der Waals surface area contributed by atoms with Crippen LogP contribution in [0.2, 0.25) is 0 Å². The lowest BCUT2D eigenvalue weighted by atomic mass is 10.0. The number of hydrogen-bond donors (Lipinski definition) is 0. The molecular formula is C14H11ClF2O. The van der Waals surface area contributed by atoms with E-state index in [0.717, 1.165) is 6.07 Å². The van der Waals surface area contributed by atoms with Gasteiger partial charge >= 0.3 is 0 Å². The lowest BCUT2D eigenvalue weighted by molar-refractivity contribution is 0.410. The Morgan fingerprint density at radius 3 is 2.44 bits per heavy atom. The molecule has 0 bridgehead atoms. The van der Waals surface area contributed by atoms with Gasteiger partial charge in [-0.05, 0) is 12.1 Å². The van der Waals surface area contributed by atoms with Crippen molar-refractivity contribution < 1.29 is 13.5 Å². The van der Waals surface area contributed by atoms with Gasteiger partial charge in [0.15, 0.2) is 0 Å². The van der Waals surface area contributed by atoms with Gasteiger partial charge < -0.3 is 4.74 Å². The lowest BCUT2D eigenvalue weighted by Crippen LogP contribution is -2.00. The molecule has 0 saturated carbocycles. The maximum atomic E-state index is 13.7. The maximum absolute atomic E-state index is 13.7. The summed E-state index contributed by atoms with van der Waals surface area (Å²) in [6, 6.07) is 10.4. The smallest absolute Gasteiger partial charge is 0.131 e. The fourth-order valence-corrected chi connectivity index (χ4v) is 2.11. The van der Waals surface area contributed by atoms with Crippen molar-refractivity contribution >= 4 is 11.6 Å². The molecule has 2 rings (SSSR count). The third kappa shape index (κ3) is 2.46. The summed E-state index contributed by atoms with van der Waals surface area (Å²) in [5.74, 6) is -0.720. The van der Waals surface area contributed by atoms with E-state index in [9.17, 15) is 8.78 Å². The highest BCUT2D eigenvalue weighted by molar-refractivity contribution is 6.22. The summed E-state index contributed by atoms with van der Waals surface area (Å²) >= 11 is 6.23. The lowest BCUT2D eigenvalue weighted by Gasteiger charge is -2.14. The molecule has 0 radical (unpaired) electrons. The van der Waals surface area contributed by atoms with Gasteiger partial charge in [-0.2, -0.15) is 0 Å². The molecule has 0 N–H and O–H groups in total. The Bertz CT molecular complexity index is 557. The van der Waals surface area contributed by atoms with E-state index in [1.54, 1.807) is 24.3 Å². The monoisotopic (exact) mass is 268 g/mol. The first-order valence-electron chi connectivity index (χ1n) is 5.35. The molecule has 0 aliphatic heterocycles. The van der Waals surface area contributed by atoms with Gasteiger partial charge in [0.05, 0.1) is 12.5 Å². The fraction of sp³-hybridized carbons (Fsp3) is 0.143. The van der Waals surface area contributed by atoms with Crippen molar-refractivity contribution in [3.63, 3.8) is 0 Å². The van der Waals surface area contributed by atoms with Gasteiger partial charge in [0.25, 0.3) is 0 Å². The summed E-state index contributed by atoms with van der Waals surface area (Å²) in [5.41, 5.74) is 0.870. The summed E-state index contributed by atoms with van der Waals surface area (Å²) < 4.78 is 31.7. The van der Waals surface area contributed by atoms with Gasteiger partial charge in [-0.3, -0.25) is 0 Å². The quantitative estimate of drug-likeness (QED) is 0.754. The molecule has 1 nitrogen and oxygen atoms in total.